The van der Waals surface area contributed by atoms with Crippen LogP contribution in [0.5, 0.6) is 0 Å². The summed E-state index contributed by atoms with van der Waals surface area (Å²) in [5.41, 5.74) is 4.87. The second-order valence-electron chi connectivity index (χ2n) is 3.49. The fourth-order valence-electron chi connectivity index (χ4n) is 1.55. The number of H-pyrrole nitrogens is 1. The molecule has 18 heavy (non-hydrogen) atoms. The standard InChI is InChI=1S/C9H8BFN4O3/c11-4-1-2-6(10(17)18)5(3-4)7-8(9(12)16)14-15-13-7/h1-3,17-18H,(H2,12,16)(H,13,14,15). The molecule has 5 N–H and O–H groups in total. The van der Waals surface area contributed by atoms with Gasteiger partial charge in [-0.3, -0.25) is 4.79 Å². The Balaban J connectivity index is 2.66. The Morgan fingerprint density at radius 3 is 2.72 bits per heavy atom. The van der Waals surface area contributed by atoms with Crippen LogP contribution < -0.4 is 11.2 Å². The molecule has 1 aromatic carbocycles. The van der Waals surface area contributed by atoms with E-state index in [1.807, 2.05) is 0 Å². The Kier molecular flexibility index (Phi) is 3.09. The van der Waals surface area contributed by atoms with Gasteiger partial charge in [0.2, 0.25) is 0 Å². The highest BCUT2D eigenvalue weighted by molar-refractivity contribution is 6.60. The minimum atomic E-state index is -1.84. The molecule has 0 fully saturated rings. The fourth-order valence-corrected chi connectivity index (χ4v) is 1.55. The van der Waals surface area contributed by atoms with E-state index < -0.39 is 18.8 Å². The van der Waals surface area contributed by atoms with E-state index >= 15 is 0 Å². The summed E-state index contributed by atoms with van der Waals surface area (Å²) < 4.78 is 13.2. The van der Waals surface area contributed by atoms with Crippen molar-refractivity contribution in [3.63, 3.8) is 0 Å². The number of primary amides is 1. The van der Waals surface area contributed by atoms with Crippen LogP contribution in [0.25, 0.3) is 11.3 Å². The Morgan fingerprint density at radius 2 is 2.11 bits per heavy atom. The van der Waals surface area contributed by atoms with Gasteiger partial charge in [0.25, 0.3) is 5.91 Å². The summed E-state index contributed by atoms with van der Waals surface area (Å²) in [6, 6.07) is 3.25. The lowest BCUT2D eigenvalue weighted by Crippen LogP contribution is -2.32. The zero-order valence-electron chi connectivity index (χ0n) is 8.96. The summed E-state index contributed by atoms with van der Waals surface area (Å²) in [6.07, 6.45) is 0. The predicted molar refractivity (Wildman–Crippen MR) is 60.1 cm³/mol. The number of rotatable bonds is 3. The van der Waals surface area contributed by atoms with E-state index in [-0.39, 0.29) is 22.4 Å². The van der Waals surface area contributed by atoms with E-state index in [2.05, 4.69) is 15.4 Å². The van der Waals surface area contributed by atoms with Crippen molar-refractivity contribution in [3.05, 3.63) is 29.7 Å². The predicted octanol–water partition coefficient (Wildman–Crippen LogP) is -1.61. The normalized spacial score (nSPS) is 10.4. The third-order valence-electron chi connectivity index (χ3n) is 2.33. The zero-order valence-corrected chi connectivity index (χ0v) is 8.96. The Morgan fingerprint density at radius 1 is 1.39 bits per heavy atom. The molecule has 1 amide bonds. The van der Waals surface area contributed by atoms with Gasteiger partial charge in [0.1, 0.15) is 11.5 Å². The van der Waals surface area contributed by atoms with Crippen LogP contribution in [-0.2, 0) is 0 Å². The van der Waals surface area contributed by atoms with Gasteiger partial charge >= 0.3 is 7.12 Å². The number of aromatic amines is 1. The number of aromatic nitrogens is 3. The zero-order chi connectivity index (χ0) is 13.3. The number of nitrogens with one attached hydrogen (secondary N) is 1. The Labute approximate surface area is 101 Å². The quantitative estimate of drug-likeness (QED) is 0.487. The molecule has 0 aliphatic heterocycles. The van der Waals surface area contributed by atoms with E-state index in [4.69, 9.17) is 5.73 Å². The minimum Gasteiger partial charge on any atom is -0.423 e. The maximum atomic E-state index is 13.2. The molecule has 2 rings (SSSR count). The average Bonchev–Trinajstić information content (AvgIpc) is 2.77. The van der Waals surface area contributed by atoms with E-state index in [1.165, 1.54) is 6.07 Å². The third kappa shape index (κ3) is 2.08. The van der Waals surface area contributed by atoms with Crippen LogP contribution in [0.1, 0.15) is 10.5 Å². The molecule has 0 saturated heterocycles. The summed E-state index contributed by atoms with van der Waals surface area (Å²) in [7, 11) is -1.84. The first-order valence-corrected chi connectivity index (χ1v) is 4.87. The number of hydrogen-bond acceptors (Lipinski definition) is 5. The van der Waals surface area contributed by atoms with E-state index in [0.29, 0.717) is 0 Å². The summed E-state index contributed by atoms with van der Waals surface area (Å²) in [5, 5.41) is 27.7. The largest absolute Gasteiger partial charge is 0.489 e. The molecule has 0 radical (unpaired) electrons. The Hall–Kier alpha value is -2.26. The van der Waals surface area contributed by atoms with Crippen molar-refractivity contribution < 1.29 is 19.2 Å². The lowest BCUT2D eigenvalue weighted by molar-refractivity contribution is 0.0996. The maximum Gasteiger partial charge on any atom is 0.489 e. The SMILES string of the molecule is NC(=O)c1n[nH]nc1-c1cc(F)ccc1B(O)O. The van der Waals surface area contributed by atoms with Crippen molar-refractivity contribution in [2.75, 3.05) is 0 Å². The molecule has 1 heterocycles. The number of carbonyl (C=O) groups excluding carboxylic acids is 1. The van der Waals surface area contributed by atoms with E-state index in [9.17, 15) is 19.2 Å². The molecule has 0 atom stereocenters. The van der Waals surface area contributed by atoms with Crippen LogP contribution in [0.4, 0.5) is 4.39 Å². The van der Waals surface area contributed by atoms with Crippen molar-refractivity contribution >= 4 is 18.5 Å². The number of nitrogens with two attached hydrogens (primary N) is 1. The second kappa shape index (κ2) is 4.55. The minimum absolute atomic E-state index is 0.00667. The molecule has 2 aromatic rings. The third-order valence-corrected chi connectivity index (χ3v) is 2.33. The summed E-state index contributed by atoms with van der Waals surface area (Å²) >= 11 is 0. The monoisotopic (exact) mass is 250 g/mol. The lowest BCUT2D eigenvalue weighted by Gasteiger charge is -2.07. The molecule has 7 nitrogen and oxygen atoms in total. The molecule has 0 bridgehead atoms. The number of hydrogen-bond donors (Lipinski definition) is 4. The number of nitrogens with zero attached hydrogens (tertiary/aromatic N) is 2. The molecule has 0 aliphatic carbocycles. The number of benzene rings is 1. The number of halogens is 1. The molecular formula is C9H8BFN4O3. The number of amides is 1. The van der Waals surface area contributed by atoms with Crippen molar-refractivity contribution in [2.24, 2.45) is 5.73 Å². The first-order chi connectivity index (χ1) is 8.50. The average molecular weight is 250 g/mol. The van der Waals surface area contributed by atoms with Crippen LogP contribution in [0, 0.1) is 5.82 Å². The fraction of sp³-hybridized carbons (Fsp3) is 0. The molecule has 92 valence electrons. The maximum absolute atomic E-state index is 13.2. The molecule has 0 aliphatic rings. The topological polar surface area (TPSA) is 125 Å². The second-order valence-corrected chi connectivity index (χ2v) is 3.49. The summed E-state index contributed by atoms with van der Waals surface area (Å²) in [6.45, 7) is 0. The first-order valence-electron chi connectivity index (χ1n) is 4.87. The van der Waals surface area contributed by atoms with Crippen LogP contribution in [0.2, 0.25) is 0 Å². The van der Waals surface area contributed by atoms with Gasteiger partial charge in [0.05, 0.1) is 0 Å². The van der Waals surface area contributed by atoms with Crippen LogP contribution in [-0.4, -0.2) is 38.5 Å². The van der Waals surface area contributed by atoms with Gasteiger partial charge < -0.3 is 15.8 Å². The van der Waals surface area contributed by atoms with Crippen LogP contribution in [0.3, 0.4) is 0 Å². The van der Waals surface area contributed by atoms with Gasteiger partial charge in [-0.2, -0.15) is 15.4 Å². The van der Waals surface area contributed by atoms with Gasteiger partial charge in [0, 0.05) is 5.56 Å². The molecular weight excluding hydrogens is 242 g/mol. The van der Waals surface area contributed by atoms with E-state index in [0.717, 1.165) is 12.1 Å². The van der Waals surface area contributed by atoms with Crippen molar-refractivity contribution in [2.45, 2.75) is 0 Å². The molecule has 0 unspecified atom stereocenters. The van der Waals surface area contributed by atoms with Crippen LogP contribution >= 0.6 is 0 Å². The van der Waals surface area contributed by atoms with Gasteiger partial charge in [0.15, 0.2) is 5.69 Å². The lowest BCUT2D eigenvalue weighted by atomic mass is 9.76. The highest BCUT2D eigenvalue weighted by atomic mass is 19.1. The first kappa shape index (κ1) is 12.2. The van der Waals surface area contributed by atoms with Crippen LogP contribution in [0.15, 0.2) is 18.2 Å². The number of carbonyl (C=O) groups is 1. The molecule has 9 heteroatoms. The van der Waals surface area contributed by atoms with Gasteiger partial charge in [-0.15, -0.1) is 0 Å². The van der Waals surface area contributed by atoms with Crippen molar-refractivity contribution in [3.8, 4) is 11.3 Å². The van der Waals surface area contributed by atoms with Crippen molar-refractivity contribution in [1.82, 2.24) is 15.4 Å². The molecule has 0 saturated carbocycles. The van der Waals surface area contributed by atoms with E-state index in [1.54, 1.807) is 0 Å². The van der Waals surface area contributed by atoms with Gasteiger partial charge in [-0.25, -0.2) is 4.39 Å². The highest BCUT2D eigenvalue weighted by Crippen LogP contribution is 2.18. The molecule has 1 aromatic heterocycles. The summed E-state index contributed by atoms with van der Waals surface area (Å²) in [5.74, 6) is -1.48. The molecule has 0 spiro atoms. The summed E-state index contributed by atoms with van der Waals surface area (Å²) in [4.78, 5) is 11.1. The van der Waals surface area contributed by atoms with Gasteiger partial charge in [-0.1, -0.05) is 6.07 Å². The van der Waals surface area contributed by atoms with Gasteiger partial charge in [-0.05, 0) is 17.6 Å². The smallest absolute Gasteiger partial charge is 0.423 e. The highest BCUT2D eigenvalue weighted by Gasteiger charge is 2.23. The van der Waals surface area contributed by atoms with Crippen molar-refractivity contribution in [1.29, 1.82) is 0 Å². The Bertz CT molecular complexity index is 601.